The average Bonchev–Trinajstić information content (AvgIpc) is 2.62. The second kappa shape index (κ2) is 7.83. The van der Waals surface area contributed by atoms with Gasteiger partial charge in [0.15, 0.2) is 5.43 Å². The summed E-state index contributed by atoms with van der Waals surface area (Å²) in [6.07, 6.45) is 4.23. The molecule has 1 aromatic carbocycles. The second-order valence-electron chi connectivity index (χ2n) is 6.87. The Bertz CT molecular complexity index is 806. The molecule has 1 saturated heterocycles. The highest BCUT2D eigenvalue weighted by Gasteiger charge is 2.19. The first kappa shape index (κ1) is 17.7. The fourth-order valence-electron chi connectivity index (χ4n) is 3.48. The van der Waals surface area contributed by atoms with Crippen molar-refractivity contribution >= 4 is 16.8 Å². The molecule has 0 bridgehead atoms. The van der Waals surface area contributed by atoms with Crippen LogP contribution in [-0.2, 0) is 16.0 Å². The predicted molar refractivity (Wildman–Crippen MR) is 98.9 cm³/mol. The molecule has 1 amide bonds. The highest BCUT2D eigenvalue weighted by Crippen LogP contribution is 2.15. The van der Waals surface area contributed by atoms with E-state index in [9.17, 15) is 9.59 Å². The molecule has 0 spiro atoms. The molecular formula is C20H26N2O3. The van der Waals surface area contributed by atoms with Crippen molar-refractivity contribution in [2.24, 2.45) is 0 Å². The van der Waals surface area contributed by atoms with E-state index in [2.05, 4.69) is 4.98 Å². The number of likely N-dealkylation sites (N-methyl/N-ethyl adjacent to an activating group) is 1. The minimum Gasteiger partial charge on any atom is -0.376 e. The van der Waals surface area contributed by atoms with Gasteiger partial charge in [-0.3, -0.25) is 9.59 Å². The first-order chi connectivity index (χ1) is 12.1. The Balaban J connectivity index is 1.65. The molecule has 1 aromatic heterocycles. The predicted octanol–water partition coefficient (Wildman–Crippen LogP) is 2.80. The van der Waals surface area contributed by atoms with Crippen LogP contribution in [0.5, 0.6) is 0 Å². The van der Waals surface area contributed by atoms with Crippen molar-refractivity contribution in [1.82, 2.24) is 9.88 Å². The van der Waals surface area contributed by atoms with E-state index in [1.54, 1.807) is 4.90 Å². The molecule has 0 radical (unpaired) electrons. The maximum Gasteiger partial charge on any atom is 0.222 e. The smallest absolute Gasteiger partial charge is 0.222 e. The van der Waals surface area contributed by atoms with Crippen molar-refractivity contribution in [2.75, 3.05) is 20.2 Å². The SMILES string of the molecule is Cc1[nH]c2ccccc2c(=O)c1CCC(=O)N(C)C[C@H]1CCCCO1. The summed E-state index contributed by atoms with van der Waals surface area (Å²) >= 11 is 0. The van der Waals surface area contributed by atoms with E-state index in [0.29, 0.717) is 30.3 Å². The first-order valence-electron chi connectivity index (χ1n) is 9.02. The molecule has 1 aliphatic rings. The topological polar surface area (TPSA) is 62.4 Å². The molecular weight excluding hydrogens is 316 g/mol. The van der Waals surface area contributed by atoms with Crippen molar-refractivity contribution in [1.29, 1.82) is 0 Å². The molecule has 2 heterocycles. The van der Waals surface area contributed by atoms with Crippen LogP contribution in [0, 0.1) is 6.92 Å². The Kier molecular flexibility index (Phi) is 5.53. The Morgan fingerprint density at radius 1 is 1.32 bits per heavy atom. The van der Waals surface area contributed by atoms with E-state index in [-0.39, 0.29) is 17.4 Å². The number of aryl methyl sites for hydroxylation is 1. The van der Waals surface area contributed by atoms with E-state index >= 15 is 0 Å². The zero-order valence-electron chi connectivity index (χ0n) is 15.0. The van der Waals surface area contributed by atoms with Gasteiger partial charge in [0.05, 0.1) is 6.10 Å². The molecule has 0 unspecified atom stereocenters. The molecule has 1 atom stereocenters. The van der Waals surface area contributed by atoms with E-state index in [4.69, 9.17) is 4.74 Å². The van der Waals surface area contributed by atoms with Crippen LogP contribution in [0.1, 0.15) is 36.9 Å². The summed E-state index contributed by atoms with van der Waals surface area (Å²) in [4.78, 5) is 30.1. The van der Waals surface area contributed by atoms with Crippen LogP contribution in [0.3, 0.4) is 0 Å². The fraction of sp³-hybridized carbons (Fsp3) is 0.500. The van der Waals surface area contributed by atoms with Gasteiger partial charge in [0, 0.05) is 48.8 Å². The third-order valence-electron chi connectivity index (χ3n) is 4.99. The van der Waals surface area contributed by atoms with Gasteiger partial charge in [0.2, 0.25) is 5.91 Å². The third-order valence-corrected chi connectivity index (χ3v) is 4.99. The molecule has 5 nitrogen and oxygen atoms in total. The zero-order chi connectivity index (χ0) is 17.8. The molecule has 1 fully saturated rings. The molecule has 1 N–H and O–H groups in total. The maximum atomic E-state index is 12.7. The van der Waals surface area contributed by atoms with Gasteiger partial charge in [0.25, 0.3) is 0 Å². The molecule has 25 heavy (non-hydrogen) atoms. The Hall–Kier alpha value is -2.14. The van der Waals surface area contributed by atoms with E-state index in [0.717, 1.165) is 30.7 Å². The number of benzene rings is 1. The monoisotopic (exact) mass is 342 g/mol. The number of para-hydroxylation sites is 1. The number of ether oxygens (including phenoxy) is 1. The Labute approximate surface area is 148 Å². The minimum atomic E-state index is 0.0258. The molecule has 1 aliphatic heterocycles. The van der Waals surface area contributed by atoms with Crippen molar-refractivity contribution in [3.63, 3.8) is 0 Å². The van der Waals surface area contributed by atoms with Gasteiger partial charge in [-0.15, -0.1) is 0 Å². The lowest BCUT2D eigenvalue weighted by Gasteiger charge is -2.27. The highest BCUT2D eigenvalue weighted by molar-refractivity contribution is 5.80. The number of carbonyl (C=O) groups excluding carboxylic acids is 1. The number of aromatic amines is 1. The van der Waals surface area contributed by atoms with Gasteiger partial charge in [-0.05, 0) is 44.7 Å². The first-order valence-corrected chi connectivity index (χ1v) is 9.02. The lowest BCUT2D eigenvalue weighted by molar-refractivity contribution is -0.132. The minimum absolute atomic E-state index is 0.0258. The number of carbonyl (C=O) groups is 1. The summed E-state index contributed by atoms with van der Waals surface area (Å²) in [5, 5.41) is 0.680. The van der Waals surface area contributed by atoms with Crippen LogP contribution in [0.25, 0.3) is 10.9 Å². The quantitative estimate of drug-likeness (QED) is 0.909. The highest BCUT2D eigenvalue weighted by atomic mass is 16.5. The number of hydrogen-bond acceptors (Lipinski definition) is 3. The second-order valence-corrected chi connectivity index (χ2v) is 6.87. The molecule has 2 aromatic rings. The normalized spacial score (nSPS) is 17.6. The van der Waals surface area contributed by atoms with E-state index in [1.165, 1.54) is 6.42 Å². The van der Waals surface area contributed by atoms with Crippen molar-refractivity contribution in [3.8, 4) is 0 Å². The summed E-state index contributed by atoms with van der Waals surface area (Å²) in [6.45, 7) is 3.32. The van der Waals surface area contributed by atoms with E-state index < -0.39 is 0 Å². The Morgan fingerprint density at radius 3 is 2.88 bits per heavy atom. The zero-order valence-corrected chi connectivity index (χ0v) is 15.0. The van der Waals surface area contributed by atoms with Crippen molar-refractivity contribution in [3.05, 3.63) is 45.7 Å². The molecule has 0 aliphatic carbocycles. The van der Waals surface area contributed by atoms with Crippen LogP contribution in [-0.4, -0.2) is 42.1 Å². The van der Waals surface area contributed by atoms with Gasteiger partial charge in [-0.2, -0.15) is 0 Å². The number of aromatic nitrogens is 1. The molecule has 134 valence electrons. The van der Waals surface area contributed by atoms with Gasteiger partial charge in [0.1, 0.15) is 0 Å². The van der Waals surface area contributed by atoms with Crippen LogP contribution in [0.15, 0.2) is 29.1 Å². The number of H-pyrrole nitrogens is 1. The summed E-state index contributed by atoms with van der Waals surface area (Å²) in [7, 11) is 1.82. The van der Waals surface area contributed by atoms with Crippen molar-refractivity contribution < 1.29 is 9.53 Å². The van der Waals surface area contributed by atoms with E-state index in [1.807, 2.05) is 38.2 Å². The number of pyridine rings is 1. The molecule has 3 rings (SSSR count). The lowest BCUT2D eigenvalue weighted by atomic mass is 10.0. The third kappa shape index (κ3) is 4.10. The summed E-state index contributed by atoms with van der Waals surface area (Å²) in [5.74, 6) is 0.0566. The molecule has 0 saturated carbocycles. The maximum absolute atomic E-state index is 12.7. The number of nitrogens with one attached hydrogen (secondary N) is 1. The standard InChI is InChI=1S/C20H26N2O3/c1-14-16(20(24)17-8-3-4-9-18(17)21-14)10-11-19(23)22(2)13-15-7-5-6-12-25-15/h3-4,8-9,15H,5-7,10-13H2,1-2H3,(H,21,24)/t15-/m1/s1. The number of amides is 1. The van der Waals surface area contributed by atoms with Gasteiger partial charge >= 0.3 is 0 Å². The number of fused-ring (bicyclic) bond motifs is 1. The largest absolute Gasteiger partial charge is 0.376 e. The van der Waals surface area contributed by atoms with Crippen LogP contribution < -0.4 is 5.43 Å². The number of rotatable bonds is 5. The average molecular weight is 342 g/mol. The summed E-state index contributed by atoms with van der Waals surface area (Å²) in [6, 6.07) is 7.49. The summed E-state index contributed by atoms with van der Waals surface area (Å²) < 4.78 is 5.70. The van der Waals surface area contributed by atoms with Crippen molar-refractivity contribution in [2.45, 2.75) is 45.1 Å². The number of hydrogen-bond donors (Lipinski definition) is 1. The molecule has 5 heteroatoms. The van der Waals surface area contributed by atoms with Crippen LogP contribution >= 0.6 is 0 Å². The van der Waals surface area contributed by atoms with Gasteiger partial charge in [-0.25, -0.2) is 0 Å². The van der Waals surface area contributed by atoms with Gasteiger partial charge < -0.3 is 14.6 Å². The van der Waals surface area contributed by atoms with Crippen LogP contribution in [0.4, 0.5) is 0 Å². The summed E-state index contributed by atoms with van der Waals surface area (Å²) in [5.41, 5.74) is 2.41. The Morgan fingerprint density at radius 2 is 2.12 bits per heavy atom. The number of nitrogens with zero attached hydrogens (tertiary/aromatic N) is 1. The van der Waals surface area contributed by atoms with Gasteiger partial charge in [-0.1, -0.05) is 12.1 Å². The lowest BCUT2D eigenvalue weighted by Crippen LogP contribution is -2.37. The van der Waals surface area contributed by atoms with Crippen LogP contribution in [0.2, 0.25) is 0 Å². The fourth-order valence-corrected chi connectivity index (χ4v) is 3.48.